The molecule has 1 heterocycles. The summed E-state index contributed by atoms with van der Waals surface area (Å²) in [7, 11) is 3.86. The molecular weight excluding hydrogens is 566 g/mol. The summed E-state index contributed by atoms with van der Waals surface area (Å²) in [6.07, 6.45) is 6.15. The molecule has 0 bridgehead atoms. The first kappa shape index (κ1) is 28.8. The summed E-state index contributed by atoms with van der Waals surface area (Å²) in [5, 5.41) is 19.2. The lowest BCUT2D eigenvalue weighted by molar-refractivity contribution is 0.0946. The van der Waals surface area contributed by atoms with E-state index in [2.05, 4.69) is 43.4 Å². The van der Waals surface area contributed by atoms with Gasteiger partial charge >= 0.3 is 0 Å². The number of likely N-dealkylation sites (N-methyl/N-ethyl adjacent to an activating group) is 1. The molecule has 8 nitrogen and oxygen atoms in total. The van der Waals surface area contributed by atoms with E-state index in [1.54, 1.807) is 30.4 Å². The number of aliphatic hydroxyl groups is 1. The third-order valence-corrected chi connectivity index (χ3v) is 6.69. The van der Waals surface area contributed by atoms with Gasteiger partial charge in [0, 0.05) is 34.5 Å². The first-order valence-corrected chi connectivity index (χ1v) is 13.4. The lowest BCUT2D eigenvalue weighted by atomic mass is 10.1. The maximum atomic E-state index is 12.9. The van der Waals surface area contributed by atoms with E-state index in [9.17, 15) is 14.7 Å². The molecule has 3 aromatic rings. The topological polar surface area (TPSA) is 107 Å². The van der Waals surface area contributed by atoms with E-state index in [0.717, 1.165) is 15.7 Å². The van der Waals surface area contributed by atoms with Gasteiger partial charge in [-0.3, -0.25) is 9.59 Å². The number of rotatable bonds is 11. The highest BCUT2D eigenvalue weighted by Crippen LogP contribution is 2.30. The number of hydrogen-bond acceptors (Lipinski definition) is 7. The number of nitrogens with zero attached hydrogens (tertiary/aromatic N) is 2. The predicted octanol–water partition coefficient (Wildman–Crippen LogP) is 6.14. The number of benzene rings is 2. The second-order valence-electron chi connectivity index (χ2n) is 8.56. The van der Waals surface area contributed by atoms with Crippen LogP contribution in [0.15, 0.2) is 77.5 Å². The number of nitrogens with one attached hydrogen (secondary N) is 3. The zero-order chi connectivity index (χ0) is 27.7. The Morgan fingerprint density at radius 3 is 2.68 bits per heavy atom. The average Bonchev–Trinajstić information content (AvgIpc) is 3.28. The zero-order valence-electron chi connectivity index (χ0n) is 21.4. The molecule has 0 fully saturated rings. The Labute approximate surface area is 234 Å². The van der Waals surface area contributed by atoms with Crippen LogP contribution < -0.4 is 16.0 Å². The minimum atomic E-state index is -0.292. The normalized spacial score (nSPS) is 11.6. The first-order chi connectivity index (χ1) is 18.2. The van der Waals surface area contributed by atoms with E-state index in [-0.39, 0.29) is 23.3 Å². The Kier molecular flexibility index (Phi) is 10.4. The first-order valence-electron chi connectivity index (χ1n) is 11.7. The molecule has 0 atom stereocenters. The molecule has 0 aliphatic carbocycles. The number of carbonyl (C=O) groups is 2. The summed E-state index contributed by atoms with van der Waals surface area (Å²) < 4.78 is 0.821. The van der Waals surface area contributed by atoms with Crippen LogP contribution in [0.3, 0.4) is 0 Å². The number of aryl methyl sites for hydroxylation is 1. The Morgan fingerprint density at radius 2 is 1.97 bits per heavy atom. The molecule has 0 spiro atoms. The second-order valence-corrected chi connectivity index (χ2v) is 10.5. The lowest BCUT2D eigenvalue weighted by Gasteiger charge is -2.11. The van der Waals surface area contributed by atoms with Gasteiger partial charge in [-0.25, -0.2) is 4.98 Å². The fourth-order valence-corrected chi connectivity index (χ4v) is 4.51. The van der Waals surface area contributed by atoms with Crippen molar-refractivity contribution >= 4 is 61.7 Å². The van der Waals surface area contributed by atoms with Gasteiger partial charge in [0.1, 0.15) is 11.5 Å². The van der Waals surface area contributed by atoms with Crippen LogP contribution in [0.5, 0.6) is 0 Å². The summed E-state index contributed by atoms with van der Waals surface area (Å²) in [6.45, 7) is 6.63. The number of amides is 2. The molecule has 10 heteroatoms. The van der Waals surface area contributed by atoms with Crippen LogP contribution in [-0.2, 0) is 0 Å². The van der Waals surface area contributed by atoms with E-state index in [1.165, 1.54) is 23.5 Å². The number of aromatic nitrogens is 1. The average molecular weight is 597 g/mol. The molecule has 38 heavy (non-hydrogen) atoms. The predicted molar refractivity (Wildman–Crippen MR) is 160 cm³/mol. The monoisotopic (exact) mass is 595 g/mol. The smallest absolute Gasteiger partial charge is 0.271 e. The van der Waals surface area contributed by atoms with Crippen LogP contribution in [0.25, 0.3) is 6.08 Å². The number of carbonyl (C=O) groups excluding carboxylic acids is 2. The Morgan fingerprint density at radius 1 is 1.18 bits per heavy atom. The van der Waals surface area contributed by atoms with Crippen molar-refractivity contribution in [2.24, 2.45) is 0 Å². The number of anilines is 3. The summed E-state index contributed by atoms with van der Waals surface area (Å²) in [6, 6.07) is 12.7. The molecule has 0 radical (unpaired) electrons. The van der Waals surface area contributed by atoms with Gasteiger partial charge in [-0.05, 0) is 75.1 Å². The molecule has 0 aliphatic rings. The molecule has 0 saturated carbocycles. The van der Waals surface area contributed by atoms with Crippen LogP contribution in [0.2, 0.25) is 0 Å². The van der Waals surface area contributed by atoms with Gasteiger partial charge in [-0.1, -0.05) is 52.1 Å². The summed E-state index contributed by atoms with van der Waals surface area (Å²) in [5.41, 5.74) is 3.10. The fourth-order valence-electron chi connectivity index (χ4n) is 3.22. The fraction of sp³-hybridized carbons (Fsp3) is 0.179. The standard InChI is InChI=1S/C28H30BrN5O3S/c1-5-22(35)10-7-11-24-25(27(37)30-14-15-34(3)4)33-28(38-24)32-23-17-21(13-12-18(23)2)31-26(36)19-8-6-9-20(29)16-19/h5-13,16-17,35H,1,14-15H2,2-4H3,(H,30,37)(H,31,36)(H,32,33)/b11-7+,22-10+. The number of hydrogen-bond donors (Lipinski definition) is 4. The van der Waals surface area contributed by atoms with Gasteiger partial charge in [0.05, 0.1) is 4.88 Å². The van der Waals surface area contributed by atoms with Crippen molar-refractivity contribution in [3.63, 3.8) is 0 Å². The largest absolute Gasteiger partial charge is 0.508 e. The van der Waals surface area contributed by atoms with Crippen molar-refractivity contribution in [2.75, 3.05) is 37.8 Å². The van der Waals surface area contributed by atoms with Gasteiger partial charge < -0.3 is 26.0 Å². The number of halogens is 1. The third kappa shape index (κ3) is 8.41. The molecule has 0 unspecified atom stereocenters. The Balaban J connectivity index is 1.84. The van der Waals surface area contributed by atoms with Crippen molar-refractivity contribution in [3.8, 4) is 0 Å². The summed E-state index contributed by atoms with van der Waals surface area (Å²) >= 11 is 4.69. The zero-order valence-corrected chi connectivity index (χ0v) is 23.8. The highest BCUT2D eigenvalue weighted by molar-refractivity contribution is 9.10. The third-order valence-electron chi connectivity index (χ3n) is 5.26. The highest BCUT2D eigenvalue weighted by atomic mass is 79.9. The van der Waals surface area contributed by atoms with Crippen molar-refractivity contribution in [3.05, 3.63) is 99.2 Å². The summed E-state index contributed by atoms with van der Waals surface area (Å²) in [5.74, 6) is -0.506. The molecule has 4 N–H and O–H groups in total. The minimum absolute atomic E-state index is 0.0124. The second kappa shape index (κ2) is 13.7. The van der Waals surface area contributed by atoms with Crippen LogP contribution in [0.1, 0.15) is 31.3 Å². The van der Waals surface area contributed by atoms with Crippen LogP contribution >= 0.6 is 27.3 Å². The van der Waals surface area contributed by atoms with E-state index in [4.69, 9.17) is 0 Å². The summed E-state index contributed by atoms with van der Waals surface area (Å²) in [4.78, 5) is 32.7. The molecule has 3 rings (SSSR count). The van der Waals surface area contributed by atoms with Crippen LogP contribution in [-0.4, -0.2) is 54.0 Å². The van der Waals surface area contributed by atoms with Crippen molar-refractivity contribution < 1.29 is 14.7 Å². The van der Waals surface area contributed by atoms with Gasteiger partial charge in [-0.15, -0.1) is 0 Å². The Hall–Kier alpha value is -3.73. The molecule has 2 aromatic carbocycles. The molecular formula is C28H30BrN5O3S. The molecule has 1 aromatic heterocycles. The number of aliphatic hydroxyl groups excluding tert-OH is 1. The van der Waals surface area contributed by atoms with Crippen LogP contribution in [0.4, 0.5) is 16.5 Å². The van der Waals surface area contributed by atoms with Gasteiger partial charge in [-0.2, -0.15) is 0 Å². The van der Waals surface area contributed by atoms with E-state index in [1.807, 2.05) is 50.2 Å². The van der Waals surface area contributed by atoms with Crippen molar-refractivity contribution in [2.45, 2.75) is 6.92 Å². The highest BCUT2D eigenvalue weighted by Gasteiger charge is 2.17. The van der Waals surface area contributed by atoms with Gasteiger partial charge in [0.15, 0.2) is 5.13 Å². The van der Waals surface area contributed by atoms with Gasteiger partial charge in [0.2, 0.25) is 0 Å². The van der Waals surface area contributed by atoms with Gasteiger partial charge in [0.25, 0.3) is 11.8 Å². The molecule has 0 aliphatic heterocycles. The molecule has 198 valence electrons. The SMILES string of the molecule is C=C/C(O)=C\C=C\c1sc(Nc2cc(NC(=O)c3cccc(Br)c3)ccc2C)nc1C(=O)NCCN(C)C. The maximum absolute atomic E-state index is 12.9. The van der Waals surface area contributed by atoms with E-state index in [0.29, 0.717) is 34.3 Å². The van der Waals surface area contributed by atoms with Crippen molar-refractivity contribution in [1.82, 2.24) is 15.2 Å². The van der Waals surface area contributed by atoms with E-state index < -0.39 is 0 Å². The number of allylic oxidation sites excluding steroid dienone is 3. The minimum Gasteiger partial charge on any atom is -0.508 e. The number of thiazole rings is 1. The quantitative estimate of drug-likeness (QED) is 0.157. The Bertz CT molecular complexity index is 1380. The van der Waals surface area contributed by atoms with Crippen LogP contribution in [0, 0.1) is 6.92 Å². The van der Waals surface area contributed by atoms with E-state index >= 15 is 0 Å². The molecule has 2 amide bonds. The maximum Gasteiger partial charge on any atom is 0.271 e. The molecule has 0 saturated heterocycles. The lowest BCUT2D eigenvalue weighted by Crippen LogP contribution is -2.31. The van der Waals surface area contributed by atoms with Crippen molar-refractivity contribution in [1.29, 1.82) is 0 Å².